The van der Waals surface area contributed by atoms with Crippen molar-refractivity contribution in [2.45, 2.75) is 33.1 Å². The number of hydrogen-bond donors (Lipinski definition) is 0. The van der Waals surface area contributed by atoms with Crippen molar-refractivity contribution in [3.05, 3.63) is 65.9 Å². The zero-order chi connectivity index (χ0) is 14.3. The molecule has 0 saturated carbocycles. The van der Waals surface area contributed by atoms with E-state index < -0.39 is 0 Å². The normalized spacial score (nSPS) is 12.0. The van der Waals surface area contributed by atoms with Gasteiger partial charge in [0.1, 0.15) is 0 Å². The second-order valence-electron chi connectivity index (χ2n) is 6.52. The van der Waals surface area contributed by atoms with Crippen molar-refractivity contribution in [1.29, 1.82) is 0 Å². The van der Waals surface area contributed by atoms with Crippen LogP contribution in [0.4, 0.5) is 0 Å². The number of benzene rings is 2. The SMILES string of the molecule is Cc1ccc(-n2cc(C(C)(C)C)c3ccccc32)cc1. The van der Waals surface area contributed by atoms with Crippen LogP contribution in [0.5, 0.6) is 0 Å². The van der Waals surface area contributed by atoms with Crippen LogP contribution in [0.1, 0.15) is 31.9 Å². The predicted molar refractivity (Wildman–Crippen MR) is 86.7 cm³/mol. The standard InChI is InChI=1S/C19H21N/c1-14-9-11-15(12-10-14)20-13-17(19(2,3)4)16-7-5-6-8-18(16)20/h5-13H,1-4H3. The highest BCUT2D eigenvalue weighted by atomic mass is 15.0. The molecule has 1 heterocycles. The molecule has 0 amide bonds. The summed E-state index contributed by atoms with van der Waals surface area (Å²) in [4.78, 5) is 0. The van der Waals surface area contributed by atoms with Gasteiger partial charge in [0.05, 0.1) is 5.52 Å². The van der Waals surface area contributed by atoms with Crippen LogP contribution in [0.3, 0.4) is 0 Å². The van der Waals surface area contributed by atoms with Gasteiger partial charge in [-0.2, -0.15) is 0 Å². The number of aryl methyl sites for hydroxylation is 1. The number of hydrogen-bond acceptors (Lipinski definition) is 0. The van der Waals surface area contributed by atoms with Gasteiger partial charge in [-0.05, 0) is 36.1 Å². The Balaban J connectivity index is 2.29. The molecule has 3 aromatic rings. The molecule has 0 aliphatic rings. The van der Waals surface area contributed by atoms with E-state index >= 15 is 0 Å². The van der Waals surface area contributed by atoms with Crippen LogP contribution >= 0.6 is 0 Å². The average Bonchev–Trinajstić information content (AvgIpc) is 2.79. The molecule has 1 aromatic heterocycles. The lowest BCUT2D eigenvalue weighted by Crippen LogP contribution is -2.10. The van der Waals surface area contributed by atoms with Crippen LogP contribution < -0.4 is 0 Å². The first-order valence-electron chi connectivity index (χ1n) is 7.14. The van der Waals surface area contributed by atoms with Crippen molar-refractivity contribution in [2.75, 3.05) is 0 Å². The summed E-state index contributed by atoms with van der Waals surface area (Å²) < 4.78 is 2.30. The number of fused-ring (bicyclic) bond motifs is 1. The zero-order valence-corrected chi connectivity index (χ0v) is 12.6. The van der Waals surface area contributed by atoms with Crippen LogP contribution in [0, 0.1) is 6.92 Å². The van der Waals surface area contributed by atoms with Crippen LogP contribution in [-0.4, -0.2) is 4.57 Å². The molecule has 0 bridgehead atoms. The van der Waals surface area contributed by atoms with E-state index in [-0.39, 0.29) is 5.41 Å². The second kappa shape index (κ2) is 4.52. The smallest absolute Gasteiger partial charge is 0.0531 e. The fourth-order valence-corrected chi connectivity index (χ4v) is 2.70. The molecule has 1 heteroatoms. The van der Waals surface area contributed by atoms with Crippen molar-refractivity contribution < 1.29 is 0 Å². The Kier molecular flexibility index (Phi) is 2.93. The van der Waals surface area contributed by atoms with Crippen LogP contribution in [0.2, 0.25) is 0 Å². The molecule has 0 N–H and O–H groups in total. The van der Waals surface area contributed by atoms with Crippen molar-refractivity contribution >= 4 is 10.9 Å². The van der Waals surface area contributed by atoms with Gasteiger partial charge >= 0.3 is 0 Å². The van der Waals surface area contributed by atoms with E-state index in [1.807, 2.05) is 0 Å². The number of nitrogens with zero attached hydrogens (tertiary/aromatic N) is 1. The van der Waals surface area contributed by atoms with Gasteiger partial charge in [0, 0.05) is 17.3 Å². The highest BCUT2D eigenvalue weighted by Crippen LogP contribution is 2.33. The van der Waals surface area contributed by atoms with E-state index in [2.05, 4.69) is 87.0 Å². The van der Waals surface area contributed by atoms with Gasteiger partial charge in [0.2, 0.25) is 0 Å². The molecule has 0 aliphatic carbocycles. The quantitative estimate of drug-likeness (QED) is 0.566. The molecule has 0 aliphatic heterocycles. The van der Waals surface area contributed by atoms with Crippen LogP contribution in [0.25, 0.3) is 16.6 Å². The Bertz CT molecular complexity index is 740. The lowest BCUT2D eigenvalue weighted by molar-refractivity contribution is 0.594. The minimum Gasteiger partial charge on any atom is -0.316 e. The monoisotopic (exact) mass is 263 g/mol. The molecule has 0 radical (unpaired) electrons. The molecule has 1 nitrogen and oxygen atoms in total. The summed E-state index contributed by atoms with van der Waals surface area (Å²) >= 11 is 0. The first-order chi connectivity index (χ1) is 9.47. The Morgan fingerprint density at radius 3 is 2.15 bits per heavy atom. The van der Waals surface area contributed by atoms with Crippen molar-refractivity contribution in [2.24, 2.45) is 0 Å². The molecule has 0 saturated heterocycles. The molecule has 0 spiro atoms. The van der Waals surface area contributed by atoms with Gasteiger partial charge < -0.3 is 4.57 Å². The fourth-order valence-electron chi connectivity index (χ4n) is 2.70. The third-order valence-corrected chi connectivity index (χ3v) is 3.83. The van der Waals surface area contributed by atoms with Gasteiger partial charge in [-0.3, -0.25) is 0 Å². The summed E-state index contributed by atoms with van der Waals surface area (Å²) in [5.74, 6) is 0. The highest BCUT2D eigenvalue weighted by molar-refractivity contribution is 5.86. The largest absolute Gasteiger partial charge is 0.316 e. The van der Waals surface area contributed by atoms with Crippen LogP contribution in [0.15, 0.2) is 54.7 Å². The molecule has 102 valence electrons. The Hall–Kier alpha value is -2.02. The lowest BCUT2D eigenvalue weighted by atomic mass is 9.87. The molecule has 0 atom stereocenters. The fraction of sp³-hybridized carbons (Fsp3) is 0.263. The van der Waals surface area contributed by atoms with E-state index in [9.17, 15) is 0 Å². The van der Waals surface area contributed by atoms with Crippen molar-refractivity contribution in [3.8, 4) is 5.69 Å². The predicted octanol–water partition coefficient (Wildman–Crippen LogP) is 5.24. The van der Waals surface area contributed by atoms with Crippen molar-refractivity contribution in [3.63, 3.8) is 0 Å². The summed E-state index contributed by atoms with van der Waals surface area (Å²) in [6.45, 7) is 8.94. The number of rotatable bonds is 1. The molecule has 20 heavy (non-hydrogen) atoms. The minimum absolute atomic E-state index is 0.148. The van der Waals surface area contributed by atoms with E-state index in [0.717, 1.165) is 0 Å². The number of para-hydroxylation sites is 1. The minimum atomic E-state index is 0.148. The first-order valence-corrected chi connectivity index (χ1v) is 7.14. The van der Waals surface area contributed by atoms with Gasteiger partial charge in [-0.25, -0.2) is 0 Å². The van der Waals surface area contributed by atoms with E-state index in [4.69, 9.17) is 0 Å². The third-order valence-electron chi connectivity index (χ3n) is 3.83. The summed E-state index contributed by atoms with van der Waals surface area (Å²) in [7, 11) is 0. The summed E-state index contributed by atoms with van der Waals surface area (Å²) in [5, 5.41) is 1.35. The second-order valence-corrected chi connectivity index (χ2v) is 6.52. The highest BCUT2D eigenvalue weighted by Gasteiger charge is 2.20. The lowest BCUT2D eigenvalue weighted by Gasteiger charge is -2.17. The Labute approximate surface area is 120 Å². The maximum Gasteiger partial charge on any atom is 0.0531 e. The molecular formula is C19H21N. The van der Waals surface area contributed by atoms with Gasteiger partial charge in [-0.1, -0.05) is 56.7 Å². The molecular weight excluding hydrogens is 242 g/mol. The Morgan fingerprint density at radius 2 is 1.50 bits per heavy atom. The van der Waals surface area contributed by atoms with Gasteiger partial charge in [0.15, 0.2) is 0 Å². The molecule has 0 fully saturated rings. The summed E-state index contributed by atoms with van der Waals surface area (Å²) in [6.07, 6.45) is 2.29. The maximum atomic E-state index is 2.30. The van der Waals surface area contributed by atoms with Gasteiger partial charge in [-0.15, -0.1) is 0 Å². The van der Waals surface area contributed by atoms with Crippen LogP contribution in [-0.2, 0) is 5.41 Å². The van der Waals surface area contributed by atoms with Crippen molar-refractivity contribution in [1.82, 2.24) is 4.57 Å². The van der Waals surface area contributed by atoms with E-state index in [0.29, 0.717) is 0 Å². The summed E-state index contributed by atoms with van der Waals surface area (Å²) in [5.41, 5.74) is 5.34. The topological polar surface area (TPSA) is 4.93 Å². The first kappa shape index (κ1) is 13.0. The van der Waals surface area contributed by atoms with E-state index in [1.165, 1.54) is 27.7 Å². The average molecular weight is 263 g/mol. The van der Waals surface area contributed by atoms with E-state index in [1.54, 1.807) is 0 Å². The third kappa shape index (κ3) is 2.14. The Morgan fingerprint density at radius 1 is 0.850 bits per heavy atom. The summed E-state index contributed by atoms with van der Waals surface area (Å²) in [6, 6.07) is 17.4. The van der Waals surface area contributed by atoms with Gasteiger partial charge in [0.25, 0.3) is 0 Å². The zero-order valence-electron chi connectivity index (χ0n) is 12.6. The molecule has 3 rings (SSSR count). The number of aromatic nitrogens is 1. The maximum absolute atomic E-state index is 2.30. The molecule has 0 unspecified atom stereocenters. The molecule has 2 aromatic carbocycles.